The lowest BCUT2D eigenvalue weighted by molar-refractivity contribution is -0.0468. The third-order valence-corrected chi connectivity index (χ3v) is 6.09. The van der Waals surface area contributed by atoms with Crippen LogP contribution in [0.5, 0.6) is 0 Å². The number of fused-ring (bicyclic) bond motifs is 1. The number of nitrogens with zero attached hydrogens (tertiary/aromatic N) is 1. The van der Waals surface area contributed by atoms with Crippen molar-refractivity contribution in [3.63, 3.8) is 0 Å². The fourth-order valence-corrected chi connectivity index (χ4v) is 4.05. The maximum absolute atomic E-state index is 12.6. The molecule has 0 atom stereocenters. The summed E-state index contributed by atoms with van der Waals surface area (Å²) in [5.41, 5.74) is -2.37. The zero-order valence-corrected chi connectivity index (χ0v) is 14.7. The number of halogens is 3. The highest BCUT2D eigenvalue weighted by Gasteiger charge is 2.49. The van der Waals surface area contributed by atoms with Gasteiger partial charge in [-0.3, -0.25) is 0 Å². The van der Waals surface area contributed by atoms with E-state index >= 15 is 0 Å². The zero-order chi connectivity index (χ0) is 18.2. The largest absolute Gasteiger partial charge is 0.517 e. The highest BCUT2D eigenvalue weighted by atomic mass is 32.2. The second-order valence-corrected chi connectivity index (χ2v) is 8.08. The number of thioether (sulfide) groups is 1. The number of sulfonamides is 1. The average molecular weight is 385 g/mol. The van der Waals surface area contributed by atoms with E-state index in [4.69, 9.17) is 0 Å². The van der Waals surface area contributed by atoms with Gasteiger partial charge in [0.1, 0.15) is 0 Å². The molecule has 0 aromatic carbocycles. The second kappa shape index (κ2) is 6.42. The molecule has 0 aromatic heterocycles. The molecule has 0 bridgehead atoms. The second-order valence-electron chi connectivity index (χ2n) is 5.40. The van der Waals surface area contributed by atoms with E-state index in [1.165, 1.54) is 12.2 Å². The van der Waals surface area contributed by atoms with Gasteiger partial charge in [0.05, 0.1) is 0 Å². The standard InChI is InChI=1S/C17H14F3NO2S2/c1-24-16-11-15(13-5-3-2-4-6-14(13)16)12-7-9-21(10-8-12)25(22,23)17(18,19)20/h2-12H,1H3. The van der Waals surface area contributed by atoms with E-state index in [0.717, 1.165) is 34.0 Å². The number of hydrogen-bond donors (Lipinski definition) is 0. The van der Waals surface area contributed by atoms with Crippen molar-refractivity contribution in [2.45, 2.75) is 16.3 Å². The van der Waals surface area contributed by atoms with Crippen LogP contribution in [-0.2, 0) is 10.0 Å². The van der Waals surface area contributed by atoms with Crippen molar-refractivity contribution in [1.82, 2.24) is 4.31 Å². The highest BCUT2D eigenvalue weighted by Crippen LogP contribution is 2.42. The average Bonchev–Trinajstić information content (AvgIpc) is 2.74. The Morgan fingerprint density at radius 1 is 1.04 bits per heavy atom. The van der Waals surface area contributed by atoms with Crippen LogP contribution in [0.1, 0.15) is 11.5 Å². The van der Waals surface area contributed by atoms with Crippen molar-refractivity contribution in [2.24, 2.45) is 0 Å². The number of rotatable bonds is 3. The Morgan fingerprint density at radius 3 is 2.20 bits per heavy atom. The van der Waals surface area contributed by atoms with Crippen LogP contribution in [0.4, 0.5) is 13.2 Å². The van der Waals surface area contributed by atoms with E-state index in [0.29, 0.717) is 0 Å². The van der Waals surface area contributed by atoms with Gasteiger partial charge in [-0.25, -0.2) is 4.31 Å². The van der Waals surface area contributed by atoms with Gasteiger partial charge in [-0.2, -0.15) is 21.6 Å². The molecule has 0 fully saturated rings. The summed E-state index contributed by atoms with van der Waals surface area (Å²) in [7, 11) is -5.40. The van der Waals surface area contributed by atoms with Gasteiger partial charge in [-0.05, 0) is 29.0 Å². The van der Waals surface area contributed by atoms with Crippen LogP contribution in [0.2, 0.25) is 0 Å². The lowest BCUT2D eigenvalue weighted by Gasteiger charge is -2.22. The summed E-state index contributed by atoms with van der Waals surface area (Å²) in [6, 6.07) is 11.6. The normalized spacial score (nSPS) is 15.9. The van der Waals surface area contributed by atoms with Crippen molar-refractivity contribution in [2.75, 3.05) is 6.26 Å². The zero-order valence-electron chi connectivity index (χ0n) is 13.1. The molecule has 2 aliphatic carbocycles. The molecule has 3 aliphatic rings. The van der Waals surface area contributed by atoms with Gasteiger partial charge in [0, 0.05) is 23.2 Å². The summed E-state index contributed by atoms with van der Waals surface area (Å²) in [6.45, 7) is 0. The SMILES string of the molecule is CSc1cc(C2C=CN(S(=O)(=O)C(F)(F)F)C=C2)c2cccccc1-2. The molecule has 0 unspecified atom stereocenters. The van der Waals surface area contributed by atoms with Crippen LogP contribution in [0.25, 0.3) is 11.1 Å². The molecule has 8 heteroatoms. The van der Waals surface area contributed by atoms with Crippen LogP contribution in [0.3, 0.4) is 0 Å². The molecule has 25 heavy (non-hydrogen) atoms. The van der Waals surface area contributed by atoms with Gasteiger partial charge in [0.15, 0.2) is 0 Å². The molecular weight excluding hydrogens is 371 g/mol. The first-order valence-electron chi connectivity index (χ1n) is 7.28. The molecule has 0 saturated carbocycles. The quantitative estimate of drug-likeness (QED) is 0.713. The molecule has 0 saturated heterocycles. The summed E-state index contributed by atoms with van der Waals surface area (Å²) in [6.07, 6.45) is 6.77. The Kier molecular flexibility index (Phi) is 4.59. The molecule has 3 rings (SSSR count). The first-order chi connectivity index (χ1) is 11.8. The first kappa shape index (κ1) is 17.9. The third-order valence-electron chi connectivity index (χ3n) is 3.93. The molecule has 0 amide bonds. The van der Waals surface area contributed by atoms with Crippen LogP contribution >= 0.6 is 11.8 Å². The minimum absolute atomic E-state index is 0.199. The van der Waals surface area contributed by atoms with E-state index < -0.39 is 15.5 Å². The van der Waals surface area contributed by atoms with E-state index in [2.05, 4.69) is 0 Å². The smallest absolute Gasteiger partial charge is 0.246 e. The van der Waals surface area contributed by atoms with Crippen molar-refractivity contribution in [3.05, 3.63) is 66.5 Å². The summed E-state index contributed by atoms with van der Waals surface area (Å²) in [5.74, 6) is -0.300. The topological polar surface area (TPSA) is 37.4 Å². The van der Waals surface area contributed by atoms with Crippen LogP contribution < -0.4 is 0 Å². The van der Waals surface area contributed by atoms with E-state index in [1.54, 1.807) is 11.8 Å². The molecule has 132 valence electrons. The van der Waals surface area contributed by atoms with Crippen LogP contribution in [0.15, 0.2) is 65.8 Å². The van der Waals surface area contributed by atoms with E-state index in [1.807, 2.05) is 42.7 Å². The van der Waals surface area contributed by atoms with Crippen molar-refractivity contribution in [3.8, 4) is 11.1 Å². The van der Waals surface area contributed by atoms with Crippen LogP contribution in [0, 0.1) is 0 Å². The molecule has 1 heterocycles. The fraction of sp³-hybridized carbons (Fsp3) is 0.176. The van der Waals surface area contributed by atoms with Gasteiger partial charge in [0.25, 0.3) is 0 Å². The molecule has 0 spiro atoms. The lowest BCUT2D eigenvalue weighted by Crippen LogP contribution is -2.35. The molecule has 0 aromatic rings. The molecule has 0 N–H and O–H groups in total. The summed E-state index contributed by atoms with van der Waals surface area (Å²) < 4.78 is 61.0. The van der Waals surface area contributed by atoms with Gasteiger partial charge >= 0.3 is 15.5 Å². The Hall–Kier alpha value is -1.93. The molecule has 1 aliphatic heterocycles. The summed E-state index contributed by atoms with van der Waals surface area (Å²) in [5, 5.41) is 0. The number of alkyl halides is 3. The first-order valence-corrected chi connectivity index (χ1v) is 9.94. The van der Waals surface area contributed by atoms with Gasteiger partial charge in [0.2, 0.25) is 0 Å². The minimum Gasteiger partial charge on any atom is -0.246 e. The monoisotopic (exact) mass is 385 g/mol. The van der Waals surface area contributed by atoms with Crippen molar-refractivity contribution >= 4 is 21.8 Å². The predicted molar refractivity (Wildman–Crippen MR) is 92.7 cm³/mol. The third kappa shape index (κ3) is 3.16. The van der Waals surface area contributed by atoms with Crippen molar-refractivity contribution < 1.29 is 21.6 Å². The molecule has 3 nitrogen and oxygen atoms in total. The van der Waals surface area contributed by atoms with E-state index in [9.17, 15) is 21.6 Å². The summed E-state index contributed by atoms with van der Waals surface area (Å²) in [4.78, 5) is 1.06. The Balaban J connectivity index is 1.96. The Labute approximate surface area is 148 Å². The number of hydrogen-bond acceptors (Lipinski definition) is 3. The maximum Gasteiger partial charge on any atom is 0.517 e. The number of allylic oxidation sites excluding steroid dienone is 2. The highest BCUT2D eigenvalue weighted by molar-refractivity contribution is 7.98. The maximum atomic E-state index is 12.6. The summed E-state index contributed by atoms with van der Waals surface area (Å²) >= 11 is 1.58. The van der Waals surface area contributed by atoms with E-state index in [-0.39, 0.29) is 10.2 Å². The Morgan fingerprint density at radius 2 is 1.64 bits per heavy atom. The predicted octanol–water partition coefficient (Wildman–Crippen LogP) is 4.79. The minimum atomic E-state index is -5.40. The van der Waals surface area contributed by atoms with Gasteiger partial charge in [-0.15, -0.1) is 11.8 Å². The Bertz CT molecular complexity index is 906. The van der Waals surface area contributed by atoms with Crippen molar-refractivity contribution in [1.29, 1.82) is 0 Å². The fourth-order valence-electron chi connectivity index (χ4n) is 2.71. The molecular formula is C17H14F3NO2S2. The molecule has 0 radical (unpaired) electrons. The van der Waals surface area contributed by atoms with Gasteiger partial charge < -0.3 is 0 Å². The van der Waals surface area contributed by atoms with Crippen LogP contribution in [-0.4, -0.2) is 24.5 Å². The lowest BCUT2D eigenvalue weighted by atomic mass is 9.96. The van der Waals surface area contributed by atoms with Gasteiger partial charge in [-0.1, -0.05) is 42.5 Å².